The number of H-pyrrole nitrogens is 2. The number of hydrogen-bond donors (Lipinski definition) is 3. The molecule has 1 aliphatic rings. The summed E-state index contributed by atoms with van der Waals surface area (Å²) in [7, 11) is 1.60. The molecule has 8 nitrogen and oxygen atoms in total. The third kappa shape index (κ3) is 4.44. The lowest BCUT2D eigenvalue weighted by Gasteiger charge is -2.32. The highest BCUT2D eigenvalue weighted by molar-refractivity contribution is 5.95. The van der Waals surface area contributed by atoms with Gasteiger partial charge in [-0.15, -0.1) is 0 Å². The molecule has 1 aliphatic heterocycles. The van der Waals surface area contributed by atoms with Crippen molar-refractivity contribution in [2.24, 2.45) is 0 Å². The van der Waals surface area contributed by atoms with Gasteiger partial charge in [-0.05, 0) is 36.9 Å². The first-order chi connectivity index (χ1) is 14.7. The third-order valence-corrected chi connectivity index (χ3v) is 5.64. The Hall–Kier alpha value is -2.97. The Morgan fingerprint density at radius 1 is 1.37 bits per heavy atom. The van der Waals surface area contributed by atoms with E-state index in [2.05, 4.69) is 25.4 Å². The summed E-state index contributed by atoms with van der Waals surface area (Å²) >= 11 is 0. The van der Waals surface area contributed by atoms with Gasteiger partial charge in [-0.25, -0.2) is 0 Å². The van der Waals surface area contributed by atoms with E-state index in [0.29, 0.717) is 25.3 Å². The summed E-state index contributed by atoms with van der Waals surface area (Å²) in [4.78, 5) is 30.3. The quantitative estimate of drug-likeness (QED) is 0.518. The van der Waals surface area contributed by atoms with Crippen molar-refractivity contribution < 1.29 is 9.53 Å². The SMILES string of the molecule is COCCNC(=O)c1cn[nH]c1C1CCCN(Cc2cc3ccccc3[nH]c2=O)C1. The number of piperidine rings is 1. The summed E-state index contributed by atoms with van der Waals surface area (Å²) in [5.41, 5.74) is 3.01. The van der Waals surface area contributed by atoms with Gasteiger partial charge in [0.05, 0.1) is 24.1 Å². The first-order valence-electron chi connectivity index (χ1n) is 10.3. The van der Waals surface area contributed by atoms with Crippen LogP contribution in [-0.2, 0) is 11.3 Å². The number of aromatic nitrogens is 3. The molecule has 1 amide bonds. The maximum atomic E-state index is 12.5. The highest BCUT2D eigenvalue weighted by atomic mass is 16.5. The second kappa shape index (κ2) is 9.23. The molecule has 0 aliphatic carbocycles. The molecule has 0 spiro atoms. The summed E-state index contributed by atoms with van der Waals surface area (Å²) in [5, 5.41) is 11.0. The highest BCUT2D eigenvalue weighted by Gasteiger charge is 2.27. The van der Waals surface area contributed by atoms with Gasteiger partial charge >= 0.3 is 0 Å². The van der Waals surface area contributed by atoms with Crippen molar-refractivity contribution in [2.75, 3.05) is 33.4 Å². The molecule has 158 valence electrons. The molecule has 1 saturated heterocycles. The zero-order valence-corrected chi connectivity index (χ0v) is 17.1. The molecule has 0 radical (unpaired) electrons. The summed E-state index contributed by atoms with van der Waals surface area (Å²) in [6.07, 6.45) is 3.56. The van der Waals surface area contributed by atoms with E-state index in [-0.39, 0.29) is 17.4 Å². The van der Waals surface area contributed by atoms with Crippen molar-refractivity contribution in [3.63, 3.8) is 0 Å². The Labute approximate surface area is 174 Å². The minimum absolute atomic E-state index is 0.0458. The average Bonchev–Trinajstić information content (AvgIpc) is 3.25. The summed E-state index contributed by atoms with van der Waals surface area (Å²) in [6, 6.07) is 9.78. The van der Waals surface area contributed by atoms with Gasteiger partial charge in [0.1, 0.15) is 0 Å². The number of likely N-dealkylation sites (tertiary alicyclic amines) is 1. The molecule has 2 aromatic heterocycles. The number of aromatic amines is 2. The number of nitrogens with zero attached hydrogens (tertiary/aromatic N) is 2. The maximum absolute atomic E-state index is 12.5. The number of amides is 1. The van der Waals surface area contributed by atoms with E-state index in [9.17, 15) is 9.59 Å². The highest BCUT2D eigenvalue weighted by Crippen LogP contribution is 2.28. The number of carbonyl (C=O) groups excluding carboxylic acids is 1. The average molecular weight is 409 g/mol. The number of methoxy groups -OCH3 is 1. The predicted molar refractivity (Wildman–Crippen MR) is 115 cm³/mol. The number of rotatable bonds is 7. The van der Waals surface area contributed by atoms with Crippen LogP contribution >= 0.6 is 0 Å². The van der Waals surface area contributed by atoms with E-state index in [4.69, 9.17) is 4.74 Å². The van der Waals surface area contributed by atoms with Gasteiger partial charge in [-0.1, -0.05) is 18.2 Å². The molecule has 3 N–H and O–H groups in total. The monoisotopic (exact) mass is 409 g/mol. The van der Waals surface area contributed by atoms with Crippen molar-refractivity contribution in [1.82, 2.24) is 25.4 Å². The fourth-order valence-corrected chi connectivity index (χ4v) is 4.14. The van der Waals surface area contributed by atoms with E-state index < -0.39 is 0 Å². The molecule has 1 unspecified atom stereocenters. The number of benzene rings is 1. The van der Waals surface area contributed by atoms with E-state index in [1.165, 1.54) is 0 Å². The molecule has 0 bridgehead atoms. The van der Waals surface area contributed by atoms with Crippen LogP contribution in [0, 0.1) is 0 Å². The van der Waals surface area contributed by atoms with Crippen molar-refractivity contribution in [3.05, 3.63) is 63.7 Å². The molecule has 4 rings (SSSR count). The number of fused-ring (bicyclic) bond motifs is 1. The van der Waals surface area contributed by atoms with Crippen LogP contribution in [0.25, 0.3) is 10.9 Å². The number of carbonyl (C=O) groups is 1. The third-order valence-electron chi connectivity index (χ3n) is 5.64. The van der Waals surface area contributed by atoms with E-state index in [0.717, 1.165) is 48.1 Å². The van der Waals surface area contributed by atoms with Gasteiger partial charge in [0.15, 0.2) is 0 Å². The Balaban J connectivity index is 1.47. The van der Waals surface area contributed by atoms with Crippen LogP contribution in [0.1, 0.15) is 40.4 Å². The lowest BCUT2D eigenvalue weighted by Crippen LogP contribution is -2.36. The maximum Gasteiger partial charge on any atom is 0.254 e. The van der Waals surface area contributed by atoms with Crippen LogP contribution in [0.5, 0.6) is 0 Å². The van der Waals surface area contributed by atoms with Crippen LogP contribution in [0.4, 0.5) is 0 Å². The summed E-state index contributed by atoms with van der Waals surface area (Å²) in [5.74, 6) is 0.0304. The topological polar surface area (TPSA) is 103 Å². The Morgan fingerprint density at radius 3 is 3.10 bits per heavy atom. The van der Waals surface area contributed by atoms with Crippen LogP contribution in [-0.4, -0.2) is 59.3 Å². The van der Waals surface area contributed by atoms with Crippen molar-refractivity contribution >= 4 is 16.8 Å². The van der Waals surface area contributed by atoms with Gasteiger partial charge in [-0.2, -0.15) is 5.10 Å². The van der Waals surface area contributed by atoms with Crippen molar-refractivity contribution in [3.8, 4) is 0 Å². The minimum Gasteiger partial charge on any atom is -0.383 e. The molecule has 1 aromatic carbocycles. The van der Waals surface area contributed by atoms with Gasteiger partial charge in [0.25, 0.3) is 11.5 Å². The van der Waals surface area contributed by atoms with Gasteiger partial charge in [-0.3, -0.25) is 19.6 Å². The molecule has 0 saturated carbocycles. The number of hydrogen-bond acceptors (Lipinski definition) is 5. The molecule has 3 aromatic rings. The predicted octanol–water partition coefficient (Wildman–Crippen LogP) is 2.01. The first-order valence-corrected chi connectivity index (χ1v) is 10.3. The number of ether oxygens (including phenoxy) is 1. The summed E-state index contributed by atoms with van der Waals surface area (Å²) in [6.45, 7) is 3.21. The van der Waals surface area contributed by atoms with Crippen LogP contribution in [0.3, 0.4) is 0 Å². The molecule has 1 atom stereocenters. The first kappa shape index (κ1) is 20.3. The Kier molecular flexibility index (Phi) is 6.25. The number of nitrogens with one attached hydrogen (secondary N) is 3. The normalized spacial score (nSPS) is 17.3. The fraction of sp³-hybridized carbons (Fsp3) is 0.409. The lowest BCUT2D eigenvalue weighted by atomic mass is 9.92. The molecule has 30 heavy (non-hydrogen) atoms. The second-order valence-corrected chi connectivity index (χ2v) is 7.73. The Morgan fingerprint density at radius 2 is 2.23 bits per heavy atom. The van der Waals surface area contributed by atoms with Crippen LogP contribution in [0.15, 0.2) is 41.3 Å². The Bertz CT molecular complexity index is 1070. The van der Waals surface area contributed by atoms with E-state index in [1.54, 1.807) is 13.3 Å². The molecule has 8 heteroatoms. The smallest absolute Gasteiger partial charge is 0.254 e. The number of pyridine rings is 1. The van der Waals surface area contributed by atoms with E-state index >= 15 is 0 Å². The second-order valence-electron chi connectivity index (χ2n) is 7.73. The van der Waals surface area contributed by atoms with Crippen LogP contribution < -0.4 is 10.9 Å². The number of para-hydroxylation sites is 1. The molecular formula is C22H27N5O3. The van der Waals surface area contributed by atoms with E-state index in [1.807, 2.05) is 30.3 Å². The summed E-state index contributed by atoms with van der Waals surface area (Å²) < 4.78 is 4.99. The zero-order valence-electron chi connectivity index (χ0n) is 17.1. The molecule has 3 heterocycles. The van der Waals surface area contributed by atoms with Gasteiger partial charge < -0.3 is 15.0 Å². The van der Waals surface area contributed by atoms with Crippen molar-refractivity contribution in [2.45, 2.75) is 25.3 Å². The molecule has 1 fully saturated rings. The molecular weight excluding hydrogens is 382 g/mol. The van der Waals surface area contributed by atoms with Gasteiger partial charge in [0.2, 0.25) is 0 Å². The lowest BCUT2D eigenvalue weighted by molar-refractivity contribution is 0.0934. The fourth-order valence-electron chi connectivity index (χ4n) is 4.14. The van der Waals surface area contributed by atoms with Crippen molar-refractivity contribution in [1.29, 1.82) is 0 Å². The van der Waals surface area contributed by atoms with Crippen LogP contribution in [0.2, 0.25) is 0 Å². The largest absolute Gasteiger partial charge is 0.383 e. The minimum atomic E-state index is -0.140. The zero-order chi connectivity index (χ0) is 20.9. The standard InChI is InChI=1S/C22H27N5O3/c1-30-10-8-23-22(29)18-12-24-26-20(18)16-6-4-9-27(13-16)14-17-11-15-5-2-3-7-19(15)25-21(17)28/h2-3,5,7,11-12,16H,4,6,8-10,13-14H2,1H3,(H,23,29)(H,24,26)(H,25,28). The van der Waals surface area contributed by atoms with Gasteiger partial charge in [0, 0.05) is 43.7 Å².